The molecule has 112 valence electrons. The Hall–Kier alpha value is -1.55. The minimum atomic E-state index is -0.441. The molecule has 0 saturated carbocycles. The molecule has 0 aliphatic rings. The Labute approximate surface area is 121 Å². The first-order valence-electron chi connectivity index (χ1n) is 6.94. The van der Waals surface area contributed by atoms with Crippen LogP contribution in [0.4, 0.5) is 0 Å². The number of nitrogens with one attached hydrogen (secondary N) is 1. The Balaban J connectivity index is 2.40. The van der Waals surface area contributed by atoms with Gasteiger partial charge >= 0.3 is 5.97 Å². The first kappa shape index (κ1) is 16.5. The SMILES string of the molecule is CC(C)Oc1cccc(CNCC(=O)OC(C)(C)C)c1. The lowest BCUT2D eigenvalue weighted by Crippen LogP contribution is -2.31. The number of benzene rings is 1. The van der Waals surface area contributed by atoms with Gasteiger partial charge in [-0.3, -0.25) is 4.79 Å². The number of rotatable bonds is 6. The third kappa shape index (κ3) is 7.14. The van der Waals surface area contributed by atoms with Crippen LogP contribution in [0.15, 0.2) is 24.3 Å². The average Bonchev–Trinajstić information content (AvgIpc) is 2.25. The molecule has 0 amide bonds. The molecule has 0 bridgehead atoms. The summed E-state index contributed by atoms with van der Waals surface area (Å²) in [6.45, 7) is 10.4. The topological polar surface area (TPSA) is 47.6 Å². The molecular formula is C16H25NO3. The van der Waals surface area contributed by atoms with Gasteiger partial charge in [0.25, 0.3) is 0 Å². The van der Waals surface area contributed by atoms with E-state index in [1.807, 2.05) is 58.9 Å². The Bertz CT molecular complexity index is 436. The van der Waals surface area contributed by atoms with E-state index in [0.29, 0.717) is 6.54 Å². The quantitative estimate of drug-likeness (QED) is 0.813. The third-order valence-corrected chi connectivity index (χ3v) is 2.29. The van der Waals surface area contributed by atoms with Crippen molar-refractivity contribution in [2.75, 3.05) is 6.54 Å². The summed E-state index contributed by atoms with van der Waals surface area (Å²) in [5.74, 6) is 0.601. The van der Waals surface area contributed by atoms with Gasteiger partial charge in [0.1, 0.15) is 11.4 Å². The lowest BCUT2D eigenvalue weighted by Gasteiger charge is -2.19. The summed E-state index contributed by atoms with van der Waals surface area (Å²) < 4.78 is 10.9. The normalized spacial score (nSPS) is 11.5. The van der Waals surface area contributed by atoms with Gasteiger partial charge in [-0.1, -0.05) is 12.1 Å². The highest BCUT2D eigenvalue weighted by molar-refractivity contribution is 5.72. The van der Waals surface area contributed by atoms with Crippen LogP contribution in [0.2, 0.25) is 0 Å². The van der Waals surface area contributed by atoms with Gasteiger partial charge in [0, 0.05) is 6.54 Å². The second kappa shape index (κ2) is 7.29. The molecule has 1 N–H and O–H groups in total. The van der Waals surface area contributed by atoms with Gasteiger partial charge in [-0.25, -0.2) is 0 Å². The van der Waals surface area contributed by atoms with E-state index in [-0.39, 0.29) is 18.6 Å². The fraction of sp³-hybridized carbons (Fsp3) is 0.562. The molecule has 1 aromatic rings. The summed E-state index contributed by atoms with van der Waals surface area (Å²) in [6, 6.07) is 7.84. The second-order valence-electron chi connectivity index (χ2n) is 6.00. The van der Waals surface area contributed by atoms with Gasteiger partial charge in [-0.2, -0.15) is 0 Å². The average molecular weight is 279 g/mol. The summed E-state index contributed by atoms with van der Waals surface area (Å²) in [7, 11) is 0. The van der Waals surface area contributed by atoms with E-state index < -0.39 is 5.60 Å². The zero-order valence-corrected chi connectivity index (χ0v) is 13.0. The zero-order chi connectivity index (χ0) is 15.2. The van der Waals surface area contributed by atoms with Crippen molar-refractivity contribution in [3.05, 3.63) is 29.8 Å². The summed E-state index contributed by atoms with van der Waals surface area (Å²) in [6.07, 6.45) is 0.153. The number of carbonyl (C=O) groups is 1. The van der Waals surface area contributed by atoms with E-state index in [2.05, 4.69) is 5.32 Å². The third-order valence-electron chi connectivity index (χ3n) is 2.29. The molecule has 1 aromatic carbocycles. The van der Waals surface area contributed by atoms with Crippen LogP contribution in [0.3, 0.4) is 0 Å². The van der Waals surface area contributed by atoms with Gasteiger partial charge in [0.05, 0.1) is 12.6 Å². The van der Waals surface area contributed by atoms with Crippen LogP contribution in [-0.4, -0.2) is 24.2 Å². The fourth-order valence-electron chi connectivity index (χ4n) is 1.69. The Morgan fingerprint density at radius 2 is 2.00 bits per heavy atom. The highest BCUT2D eigenvalue weighted by atomic mass is 16.6. The zero-order valence-electron chi connectivity index (χ0n) is 13.0. The van der Waals surface area contributed by atoms with E-state index in [4.69, 9.17) is 9.47 Å². The van der Waals surface area contributed by atoms with Crippen LogP contribution in [0.1, 0.15) is 40.2 Å². The predicted molar refractivity (Wildman–Crippen MR) is 79.8 cm³/mol. The fourth-order valence-corrected chi connectivity index (χ4v) is 1.69. The Morgan fingerprint density at radius 1 is 1.30 bits per heavy atom. The standard InChI is InChI=1S/C16H25NO3/c1-12(2)19-14-8-6-7-13(9-14)10-17-11-15(18)20-16(3,4)5/h6-9,12,17H,10-11H2,1-5H3. The molecular weight excluding hydrogens is 254 g/mol. The first-order chi connectivity index (χ1) is 9.26. The van der Waals surface area contributed by atoms with Crippen LogP contribution in [0.5, 0.6) is 5.75 Å². The van der Waals surface area contributed by atoms with Crippen LogP contribution >= 0.6 is 0 Å². The van der Waals surface area contributed by atoms with Crippen LogP contribution in [0.25, 0.3) is 0 Å². The number of ether oxygens (including phenoxy) is 2. The van der Waals surface area contributed by atoms with E-state index >= 15 is 0 Å². The molecule has 20 heavy (non-hydrogen) atoms. The maximum atomic E-state index is 11.6. The molecule has 0 fully saturated rings. The lowest BCUT2D eigenvalue weighted by molar-refractivity contribution is -0.153. The van der Waals surface area contributed by atoms with Crippen LogP contribution in [-0.2, 0) is 16.1 Å². The second-order valence-corrected chi connectivity index (χ2v) is 6.00. The molecule has 1 rings (SSSR count). The summed E-state index contributed by atoms with van der Waals surface area (Å²) >= 11 is 0. The van der Waals surface area contributed by atoms with Gasteiger partial charge in [0.2, 0.25) is 0 Å². The smallest absolute Gasteiger partial charge is 0.320 e. The Morgan fingerprint density at radius 3 is 2.60 bits per heavy atom. The van der Waals surface area contributed by atoms with E-state index in [0.717, 1.165) is 11.3 Å². The highest BCUT2D eigenvalue weighted by Crippen LogP contribution is 2.14. The van der Waals surface area contributed by atoms with E-state index in [1.54, 1.807) is 0 Å². The molecule has 4 heteroatoms. The van der Waals surface area contributed by atoms with Gasteiger partial charge in [-0.15, -0.1) is 0 Å². The van der Waals surface area contributed by atoms with Gasteiger partial charge in [0.15, 0.2) is 0 Å². The lowest BCUT2D eigenvalue weighted by atomic mass is 10.2. The monoisotopic (exact) mass is 279 g/mol. The van der Waals surface area contributed by atoms with Crippen molar-refractivity contribution in [1.29, 1.82) is 0 Å². The molecule has 0 radical (unpaired) electrons. The van der Waals surface area contributed by atoms with Crippen molar-refractivity contribution >= 4 is 5.97 Å². The van der Waals surface area contributed by atoms with Gasteiger partial charge in [-0.05, 0) is 52.3 Å². The minimum Gasteiger partial charge on any atom is -0.491 e. The largest absolute Gasteiger partial charge is 0.491 e. The summed E-state index contributed by atoms with van der Waals surface area (Å²) in [5.41, 5.74) is 0.635. The number of esters is 1. The molecule has 0 saturated heterocycles. The number of hydrogen-bond donors (Lipinski definition) is 1. The predicted octanol–water partition coefficient (Wildman–Crippen LogP) is 2.91. The molecule has 0 aliphatic carbocycles. The minimum absolute atomic E-state index is 0.153. The maximum Gasteiger partial charge on any atom is 0.320 e. The van der Waals surface area contributed by atoms with Crippen molar-refractivity contribution in [3.8, 4) is 5.75 Å². The number of hydrogen-bond acceptors (Lipinski definition) is 4. The van der Waals surface area contributed by atoms with E-state index in [1.165, 1.54) is 0 Å². The molecule has 0 aromatic heterocycles. The molecule has 0 atom stereocenters. The Kier molecular flexibility index (Phi) is 6.02. The summed E-state index contributed by atoms with van der Waals surface area (Å²) in [5, 5.41) is 3.07. The van der Waals surface area contributed by atoms with Crippen LogP contribution < -0.4 is 10.1 Å². The van der Waals surface area contributed by atoms with Crippen LogP contribution in [0, 0.1) is 0 Å². The molecule has 0 aliphatic heterocycles. The van der Waals surface area contributed by atoms with Crippen molar-refractivity contribution in [2.45, 2.75) is 52.9 Å². The summed E-state index contributed by atoms with van der Waals surface area (Å²) in [4.78, 5) is 11.6. The van der Waals surface area contributed by atoms with Gasteiger partial charge < -0.3 is 14.8 Å². The molecule has 0 unspecified atom stereocenters. The first-order valence-corrected chi connectivity index (χ1v) is 6.94. The maximum absolute atomic E-state index is 11.6. The van der Waals surface area contributed by atoms with Crippen molar-refractivity contribution in [1.82, 2.24) is 5.32 Å². The van der Waals surface area contributed by atoms with Crippen molar-refractivity contribution in [2.24, 2.45) is 0 Å². The molecule has 4 nitrogen and oxygen atoms in total. The van der Waals surface area contributed by atoms with Crippen molar-refractivity contribution in [3.63, 3.8) is 0 Å². The molecule has 0 heterocycles. The van der Waals surface area contributed by atoms with Crippen molar-refractivity contribution < 1.29 is 14.3 Å². The molecule has 0 spiro atoms. The highest BCUT2D eigenvalue weighted by Gasteiger charge is 2.15. The number of carbonyl (C=O) groups excluding carboxylic acids is 1. The van der Waals surface area contributed by atoms with E-state index in [9.17, 15) is 4.79 Å².